The minimum atomic E-state index is 0.569. The van der Waals surface area contributed by atoms with Crippen molar-refractivity contribution in [3.8, 4) is 0 Å². The lowest BCUT2D eigenvalue weighted by Gasteiger charge is -1.90. The zero-order valence-electron chi connectivity index (χ0n) is 3.69. The third-order valence-electron chi connectivity index (χ3n) is 0.407. The molecule has 0 radical (unpaired) electrons. The Balaban J connectivity index is 2.56. The predicted molar refractivity (Wildman–Crippen MR) is 34.0 cm³/mol. The van der Waals surface area contributed by atoms with Gasteiger partial charge < -0.3 is 8.38 Å². The predicted octanol–water partition coefficient (Wildman–Crippen LogP) is 0.0990. The van der Waals surface area contributed by atoms with Crippen molar-refractivity contribution in [3.63, 3.8) is 0 Å². The van der Waals surface area contributed by atoms with Gasteiger partial charge in [-0.1, -0.05) is 0 Å². The van der Waals surface area contributed by atoms with E-state index >= 15 is 0 Å². The molecule has 0 fully saturated rings. The average molecular weight is 215 g/mol. The molecule has 0 aromatic rings. The van der Waals surface area contributed by atoms with Crippen molar-refractivity contribution < 1.29 is 7.86 Å². The molecule has 0 spiro atoms. The molecule has 1 amide bonds. The zero-order chi connectivity index (χ0) is 5.54. The van der Waals surface area contributed by atoms with Gasteiger partial charge in [0.1, 0.15) is 23.0 Å². The van der Waals surface area contributed by atoms with Gasteiger partial charge in [-0.2, -0.15) is 0 Å². The van der Waals surface area contributed by atoms with Crippen LogP contribution in [-0.2, 0) is 7.86 Å². The highest BCUT2D eigenvalue weighted by molar-refractivity contribution is 14.1. The SMILES string of the molecule is O=CNCCOI. The molecule has 4 heteroatoms. The molecule has 0 saturated heterocycles. The van der Waals surface area contributed by atoms with Crippen LogP contribution < -0.4 is 5.32 Å². The van der Waals surface area contributed by atoms with Gasteiger partial charge in [0.05, 0.1) is 6.61 Å². The highest BCUT2D eigenvalue weighted by Crippen LogP contribution is 1.79. The number of hydrogen-bond donors (Lipinski definition) is 1. The molecule has 0 atom stereocenters. The largest absolute Gasteiger partial charge is 0.356 e. The summed E-state index contributed by atoms with van der Waals surface area (Å²) in [4.78, 5) is 9.51. The molecule has 0 aliphatic heterocycles. The first kappa shape index (κ1) is 7.16. The summed E-state index contributed by atoms with van der Waals surface area (Å²) in [6.45, 7) is 1.16. The first-order valence-electron chi connectivity index (χ1n) is 1.82. The van der Waals surface area contributed by atoms with E-state index in [-0.39, 0.29) is 0 Å². The van der Waals surface area contributed by atoms with E-state index in [0.717, 1.165) is 0 Å². The summed E-state index contributed by atoms with van der Waals surface area (Å²) in [5.41, 5.74) is 0. The van der Waals surface area contributed by atoms with E-state index in [1.807, 2.05) is 0 Å². The van der Waals surface area contributed by atoms with Crippen molar-refractivity contribution in [1.82, 2.24) is 5.32 Å². The van der Waals surface area contributed by atoms with Crippen molar-refractivity contribution in [1.29, 1.82) is 0 Å². The van der Waals surface area contributed by atoms with Gasteiger partial charge >= 0.3 is 0 Å². The molecular formula is C3H6INO2. The Morgan fingerprint density at radius 3 is 3.00 bits per heavy atom. The second-order valence-electron chi connectivity index (χ2n) is 0.885. The van der Waals surface area contributed by atoms with Crippen LogP contribution in [-0.4, -0.2) is 19.6 Å². The minimum Gasteiger partial charge on any atom is -0.356 e. The summed E-state index contributed by atoms with van der Waals surface area (Å²) in [6, 6.07) is 0. The lowest BCUT2D eigenvalue weighted by molar-refractivity contribution is -0.109. The molecule has 3 nitrogen and oxygen atoms in total. The quantitative estimate of drug-likeness (QED) is 0.410. The standard InChI is InChI=1S/C3H6INO2/c4-7-2-1-5-3-6/h3H,1-2H2,(H,5,6). The fourth-order valence-electron chi connectivity index (χ4n) is 0.156. The molecule has 1 N–H and O–H groups in total. The maximum absolute atomic E-state index is 9.51. The van der Waals surface area contributed by atoms with Crippen LogP contribution in [0.3, 0.4) is 0 Å². The smallest absolute Gasteiger partial charge is 0.207 e. The number of hydrogen-bond acceptors (Lipinski definition) is 2. The minimum absolute atomic E-state index is 0.569. The molecule has 42 valence electrons. The van der Waals surface area contributed by atoms with Gasteiger partial charge in [0.25, 0.3) is 0 Å². The fraction of sp³-hybridized carbons (Fsp3) is 0.667. The second-order valence-corrected chi connectivity index (χ2v) is 1.51. The number of carbonyl (C=O) groups excluding carboxylic acids is 1. The van der Waals surface area contributed by atoms with Gasteiger partial charge in [-0.25, -0.2) is 0 Å². The van der Waals surface area contributed by atoms with Crippen molar-refractivity contribution >= 4 is 29.4 Å². The number of carbonyl (C=O) groups is 1. The van der Waals surface area contributed by atoms with Gasteiger partial charge in [-0.15, -0.1) is 0 Å². The van der Waals surface area contributed by atoms with Crippen LogP contribution in [0.1, 0.15) is 0 Å². The first-order valence-corrected chi connectivity index (χ1v) is 2.70. The fourth-order valence-corrected chi connectivity index (χ4v) is 0.377. The van der Waals surface area contributed by atoms with Crippen molar-refractivity contribution in [2.45, 2.75) is 0 Å². The molecule has 0 saturated carbocycles. The lowest BCUT2D eigenvalue weighted by atomic mass is 10.7. The highest BCUT2D eigenvalue weighted by Gasteiger charge is 1.77. The van der Waals surface area contributed by atoms with Gasteiger partial charge in [-0.05, 0) is 0 Å². The first-order chi connectivity index (χ1) is 3.41. The van der Waals surface area contributed by atoms with E-state index in [1.54, 1.807) is 23.0 Å². The van der Waals surface area contributed by atoms with Crippen LogP contribution in [0.25, 0.3) is 0 Å². The van der Waals surface area contributed by atoms with Crippen molar-refractivity contribution in [2.75, 3.05) is 13.2 Å². The van der Waals surface area contributed by atoms with Crippen LogP contribution in [0.2, 0.25) is 0 Å². The average Bonchev–Trinajstić information content (AvgIpc) is 1.69. The summed E-state index contributed by atoms with van der Waals surface area (Å²) >= 11 is 1.77. The maximum atomic E-state index is 9.51. The zero-order valence-corrected chi connectivity index (χ0v) is 5.84. The molecule has 0 rings (SSSR count). The molecule has 0 aliphatic carbocycles. The lowest BCUT2D eigenvalue weighted by Crippen LogP contribution is -2.15. The van der Waals surface area contributed by atoms with Gasteiger partial charge in [-0.3, -0.25) is 4.79 Å². The molecule has 0 aromatic carbocycles. The summed E-state index contributed by atoms with van der Waals surface area (Å²) in [5.74, 6) is 0. The molecule has 0 aromatic heterocycles. The Bertz CT molecular complexity index is 50.2. The van der Waals surface area contributed by atoms with E-state index in [9.17, 15) is 4.79 Å². The summed E-state index contributed by atoms with van der Waals surface area (Å²) in [5, 5.41) is 2.44. The Morgan fingerprint density at radius 1 is 1.86 bits per heavy atom. The van der Waals surface area contributed by atoms with Crippen LogP contribution in [0.5, 0.6) is 0 Å². The summed E-state index contributed by atoms with van der Waals surface area (Å²) in [6.07, 6.45) is 0.648. The Kier molecular flexibility index (Phi) is 6.30. The Hall–Kier alpha value is 0.160. The third kappa shape index (κ3) is 6.16. The third-order valence-corrected chi connectivity index (χ3v) is 0.847. The number of rotatable bonds is 4. The number of nitrogens with one attached hydrogen (secondary N) is 1. The van der Waals surface area contributed by atoms with Gasteiger partial charge in [0, 0.05) is 6.54 Å². The molecule has 0 aliphatic rings. The number of amides is 1. The number of halogens is 1. The van der Waals surface area contributed by atoms with E-state index in [0.29, 0.717) is 19.6 Å². The van der Waals surface area contributed by atoms with E-state index in [1.165, 1.54) is 0 Å². The summed E-state index contributed by atoms with van der Waals surface area (Å²) < 4.78 is 4.59. The highest BCUT2D eigenvalue weighted by atomic mass is 127. The van der Waals surface area contributed by atoms with E-state index in [4.69, 9.17) is 0 Å². The molecule has 7 heavy (non-hydrogen) atoms. The normalized spacial score (nSPS) is 8.14. The van der Waals surface area contributed by atoms with E-state index < -0.39 is 0 Å². The van der Waals surface area contributed by atoms with Gasteiger partial charge in [0.2, 0.25) is 6.41 Å². The molecule has 0 bridgehead atoms. The van der Waals surface area contributed by atoms with Crippen LogP contribution in [0.15, 0.2) is 0 Å². The summed E-state index contributed by atoms with van der Waals surface area (Å²) in [7, 11) is 0. The topological polar surface area (TPSA) is 38.3 Å². The van der Waals surface area contributed by atoms with Crippen LogP contribution >= 0.6 is 23.0 Å². The van der Waals surface area contributed by atoms with E-state index in [2.05, 4.69) is 8.38 Å². The Labute approximate surface area is 56.1 Å². The second kappa shape index (κ2) is 6.16. The molecule has 0 heterocycles. The van der Waals surface area contributed by atoms with Gasteiger partial charge in [0.15, 0.2) is 0 Å². The van der Waals surface area contributed by atoms with Crippen molar-refractivity contribution in [3.05, 3.63) is 0 Å². The van der Waals surface area contributed by atoms with Crippen LogP contribution in [0, 0.1) is 0 Å². The Morgan fingerprint density at radius 2 is 2.57 bits per heavy atom. The van der Waals surface area contributed by atoms with Crippen LogP contribution in [0.4, 0.5) is 0 Å². The van der Waals surface area contributed by atoms with Crippen molar-refractivity contribution in [2.24, 2.45) is 0 Å². The maximum Gasteiger partial charge on any atom is 0.207 e. The molecule has 0 unspecified atom stereocenters. The molecular weight excluding hydrogens is 209 g/mol. The monoisotopic (exact) mass is 215 g/mol.